The molecule has 0 saturated heterocycles. The van der Waals surface area contributed by atoms with Gasteiger partial charge in [0.25, 0.3) is 0 Å². The van der Waals surface area contributed by atoms with Gasteiger partial charge in [-0.3, -0.25) is 4.79 Å². The number of alkyl halides is 2. The van der Waals surface area contributed by atoms with Crippen molar-refractivity contribution in [1.82, 2.24) is 5.48 Å². The number of hydrogen-bond acceptors (Lipinski definition) is 4. The van der Waals surface area contributed by atoms with E-state index in [1.165, 1.54) is 18.2 Å². The highest BCUT2D eigenvalue weighted by atomic mass is 19.3. The van der Waals surface area contributed by atoms with Crippen LogP contribution in [0.5, 0.6) is 0 Å². The Morgan fingerprint density at radius 3 is 2.72 bits per heavy atom. The number of hydroxylamine groups is 1. The quantitative estimate of drug-likeness (QED) is 0.236. The number of amidine groups is 1. The van der Waals surface area contributed by atoms with Gasteiger partial charge in [-0.25, -0.2) is 4.39 Å². The first-order valence-electron chi connectivity index (χ1n) is 8.63. The molecule has 2 aromatic carbocycles. The molecule has 0 aromatic heterocycles. The molecular weight excluding hydrogens is 385 g/mol. The van der Waals surface area contributed by atoms with Crippen molar-refractivity contribution in [2.24, 2.45) is 10.7 Å². The minimum atomic E-state index is -2.98. The number of rotatable bonds is 5. The lowest BCUT2D eigenvalue weighted by molar-refractivity contribution is -0.111. The van der Waals surface area contributed by atoms with Crippen molar-refractivity contribution >= 4 is 17.6 Å². The van der Waals surface area contributed by atoms with Gasteiger partial charge in [0.05, 0.1) is 6.04 Å². The summed E-state index contributed by atoms with van der Waals surface area (Å²) in [6.45, 7) is -2.98. The van der Waals surface area contributed by atoms with Gasteiger partial charge in [-0.1, -0.05) is 24.1 Å². The molecule has 1 aliphatic carbocycles. The number of carbonyl (C=O) groups excluding carboxylic acids is 1. The van der Waals surface area contributed by atoms with E-state index in [2.05, 4.69) is 27.6 Å². The Labute approximate surface area is 164 Å². The van der Waals surface area contributed by atoms with E-state index in [-0.39, 0.29) is 12.0 Å². The Bertz CT molecular complexity index is 971. The topological polar surface area (TPSA) is 88.7 Å². The number of hydrogen-bond donors (Lipinski definition) is 3. The Hall–Kier alpha value is -3.51. The summed E-state index contributed by atoms with van der Waals surface area (Å²) in [4.78, 5) is 19.4. The van der Waals surface area contributed by atoms with Gasteiger partial charge in [0.1, 0.15) is 5.82 Å². The largest absolute Gasteiger partial charge is 0.371 e. The van der Waals surface area contributed by atoms with Crippen molar-refractivity contribution in [1.29, 1.82) is 0 Å². The van der Waals surface area contributed by atoms with Crippen molar-refractivity contribution in [3.63, 3.8) is 0 Å². The number of nitrogens with two attached hydrogens (primary N) is 1. The van der Waals surface area contributed by atoms with Crippen LogP contribution in [-0.2, 0) is 9.63 Å². The third-order valence-electron chi connectivity index (χ3n) is 4.08. The fourth-order valence-corrected chi connectivity index (χ4v) is 2.65. The average molecular weight is 402 g/mol. The SMILES string of the molecule is N/C(=N/C(F)F)ON[C@@H]1C[C@@H]1c1cc(NC(=O)C#Cc2ccccc2)ccc1F. The van der Waals surface area contributed by atoms with Gasteiger partial charge >= 0.3 is 18.5 Å². The maximum atomic E-state index is 14.2. The number of amides is 1. The lowest BCUT2D eigenvalue weighted by atomic mass is 10.1. The molecule has 2 atom stereocenters. The second-order valence-electron chi connectivity index (χ2n) is 6.22. The Morgan fingerprint density at radius 1 is 1.24 bits per heavy atom. The lowest BCUT2D eigenvalue weighted by Crippen LogP contribution is -2.29. The molecule has 0 unspecified atom stereocenters. The van der Waals surface area contributed by atoms with Crippen LogP contribution < -0.4 is 16.5 Å². The second kappa shape index (κ2) is 9.12. The lowest BCUT2D eigenvalue weighted by Gasteiger charge is -2.08. The summed E-state index contributed by atoms with van der Waals surface area (Å²) in [6, 6.07) is 12.2. The molecule has 0 heterocycles. The molecule has 0 aliphatic heterocycles. The van der Waals surface area contributed by atoms with Crippen LogP contribution in [0.25, 0.3) is 0 Å². The molecular formula is C20H17F3N4O2. The third-order valence-corrected chi connectivity index (χ3v) is 4.08. The van der Waals surface area contributed by atoms with E-state index in [1.807, 2.05) is 18.2 Å². The van der Waals surface area contributed by atoms with E-state index in [4.69, 9.17) is 10.6 Å². The summed E-state index contributed by atoms with van der Waals surface area (Å²) in [7, 11) is 0. The van der Waals surface area contributed by atoms with Crippen LogP contribution in [-0.4, -0.2) is 24.5 Å². The summed E-state index contributed by atoms with van der Waals surface area (Å²) in [6.07, 6.45) is 0.504. The molecule has 0 radical (unpaired) electrons. The average Bonchev–Trinajstić information content (AvgIpc) is 3.46. The van der Waals surface area contributed by atoms with Crippen LogP contribution in [0.3, 0.4) is 0 Å². The summed E-state index contributed by atoms with van der Waals surface area (Å²) >= 11 is 0. The molecule has 0 spiro atoms. The zero-order chi connectivity index (χ0) is 20.8. The van der Waals surface area contributed by atoms with Crippen LogP contribution in [0.15, 0.2) is 53.5 Å². The highest BCUT2D eigenvalue weighted by Gasteiger charge is 2.41. The number of anilines is 1. The van der Waals surface area contributed by atoms with E-state index < -0.39 is 24.3 Å². The minimum absolute atomic E-state index is 0.262. The maximum absolute atomic E-state index is 14.2. The highest BCUT2D eigenvalue weighted by Crippen LogP contribution is 2.42. The van der Waals surface area contributed by atoms with Gasteiger partial charge in [0, 0.05) is 23.1 Å². The van der Waals surface area contributed by atoms with Crippen LogP contribution in [0.1, 0.15) is 23.5 Å². The fourth-order valence-electron chi connectivity index (χ4n) is 2.65. The number of nitrogens with one attached hydrogen (secondary N) is 2. The van der Waals surface area contributed by atoms with Gasteiger partial charge in [-0.2, -0.15) is 13.8 Å². The van der Waals surface area contributed by atoms with E-state index >= 15 is 0 Å². The molecule has 1 fully saturated rings. The fraction of sp³-hybridized carbons (Fsp3) is 0.200. The number of benzene rings is 2. The molecule has 1 saturated carbocycles. The maximum Gasteiger partial charge on any atom is 0.336 e. The van der Waals surface area contributed by atoms with Crippen molar-refractivity contribution in [2.45, 2.75) is 24.9 Å². The van der Waals surface area contributed by atoms with Crippen LogP contribution in [0.2, 0.25) is 0 Å². The van der Waals surface area contributed by atoms with Gasteiger partial charge in [-0.05, 0) is 42.3 Å². The minimum Gasteiger partial charge on any atom is -0.371 e. The summed E-state index contributed by atoms with van der Waals surface area (Å²) in [5.41, 5.74) is 9.07. The summed E-state index contributed by atoms with van der Waals surface area (Å²) < 4.78 is 38.3. The zero-order valence-electron chi connectivity index (χ0n) is 15.0. The Morgan fingerprint density at radius 2 is 2.00 bits per heavy atom. The van der Waals surface area contributed by atoms with Crippen LogP contribution >= 0.6 is 0 Å². The molecule has 29 heavy (non-hydrogen) atoms. The number of aliphatic imine (C=N–C) groups is 1. The third kappa shape index (κ3) is 5.99. The van der Waals surface area contributed by atoms with E-state index in [0.29, 0.717) is 23.2 Å². The first kappa shape index (κ1) is 20.2. The molecule has 3 rings (SSSR count). The Balaban J connectivity index is 1.59. The number of halogens is 3. The predicted molar refractivity (Wildman–Crippen MR) is 101 cm³/mol. The second-order valence-corrected chi connectivity index (χ2v) is 6.22. The molecule has 1 amide bonds. The van der Waals surface area contributed by atoms with Crippen LogP contribution in [0, 0.1) is 17.7 Å². The van der Waals surface area contributed by atoms with Gasteiger partial charge in [0.2, 0.25) is 0 Å². The highest BCUT2D eigenvalue weighted by molar-refractivity contribution is 6.04. The van der Waals surface area contributed by atoms with Gasteiger partial charge in [0.15, 0.2) is 0 Å². The predicted octanol–water partition coefficient (Wildman–Crippen LogP) is 2.73. The molecule has 2 aromatic rings. The molecule has 9 heteroatoms. The molecule has 1 aliphatic rings. The molecule has 0 bridgehead atoms. The molecule has 4 N–H and O–H groups in total. The Kier molecular flexibility index (Phi) is 6.36. The van der Waals surface area contributed by atoms with Gasteiger partial charge < -0.3 is 15.9 Å². The van der Waals surface area contributed by atoms with Crippen molar-refractivity contribution < 1.29 is 22.8 Å². The summed E-state index contributed by atoms with van der Waals surface area (Å²) in [5, 5.41) is 2.60. The normalized spacial score (nSPS) is 18.0. The van der Waals surface area contributed by atoms with E-state index in [9.17, 15) is 18.0 Å². The number of nitrogens with zero attached hydrogens (tertiary/aromatic N) is 1. The van der Waals surface area contributed by atoms with Crippen LogP contribution in [0.4, 0.5) is 18.9 Å². The molecule has 6 nitrogen and oxygen atoms in total. The number of carbonyl (C=O) groups is 1. The smallest absolute Gasteiger partial charge is 0.336 e. The zero-order valence-corrected chi connectivity index (χ0v) is 15.0. The van der Waals surface area contributed by atoms with Crippen molar-refractivity contribution in [3.05, 3.63) is 65.5 Å². The van der Waals surface area contributed by atoms with Crippen molar-refractivity contribution in [3.8, 4) is 11.8 Å². The monoisotopic (exact) mass is 402 g/mol. The van der Waals surface area contributed by atoms with E-state index in [0.717, 1.165) is 0 Å². The first-order valence-corrected chi connectivity index (χ1v) is 8.63. The first-order chi connectivity index (χ1) is 13.9. The molecule has 150 valence electrons. The summed E-state index contributed by atoms with van der Waals surface area (Å²) in [5.74, 6) is 3.95. The van der Waals surface area contributed by atoms with Gasteiger partial charge in [-0.15, -0.1) is 5.48 Å². The standard InChI is InChI=1S/C20H17F3N4O2/c21-16-8-7-13(25-18(28)9-6-12-4-2-1-3-5-12)10-14(16)15-11-17(15)27-29-20(24)26-19(22)23/h1-5,7-8,10,15,17,19,27H,11H2,(H2,24,26)(H,25,28)/t15-,17-/m1/s1. The van der Waals surface area contributed by atoms with E-state index in [1.54, 1.807) is 12.1 Å². The van der Waals surface area contributed by atoms with Crippen molar-refractivity contribution in [2.75, 3.05) is 5.32 Å².